The second-order valence-electron chi connectivity index (χ2n) is 7.83. The third-order valence-corrected chi connectivity index (χ3v) is 5.97. The summed E-state index contributed by atoms with van der Waals surface area (Å²) in [6, 6.07) is 11.4. The summed E-state index contributed by atoms with van der Waals surface area (Å²) in [5.74, 6) is -0.944. The van der Waals surface area contributed by atoms with Gasteiger partial charge in [0.25, 0.3) is 11.8 Å². The Hall–Kier alpha value is -3.15. The highest BCUT2D eigenvalue weighted by Crippen LogP contribution is 2.25. The second kappa shape index (κ2) is 7.35. The van der Waals surface area contributed by atoms with Crippen molar-refractivity contribution in [3.05, 3.63) is 64.2 Å². The lowest BCUT2D eigenvalue weighted by atomic mass is 10.1. The van der Waals surface area contributed by atoms with E-state index in [4.69, 9.17) is 0 Å². The van der Waals surface area contributed by atoms with Crippen molar-refractivity contribution in [2.24, 2.45) is 0 Å². The van der Waals surface area contributed by atoms with Crippen molar-refractivity contribution in [1.82, 2.24) is 9.80 Å². The smallest absolute Gasteiger partial charge is 0.262 e. The van der Waals surface area contributed by atoms with E-state index in [1.54, 1.807) is 17.0 Å². The molecule has 0 aliphatic carbocycles. The Morgan fingerprint density at radius 3 is 2.31 bits per heavy atom. The third-order valence-electron chi connectivity index (χ3n) is 5.97. The molecule has 1 fully saturated rings. The zero-order chi connectivity index (χ0) is 20.7. The number of benzene rings is 2. The average Bonchev–Trinajstić information content (AvgIpc) is 2.94. The SMILES string of the molecule is Cc1ccc2c(c1)C(=O)N(CC(=O)N1CCN(c3cccc(C)c3C)CC1)C2=O. The summed E-state index contributed by atoms with van der Waals surface area (Å²) in [7, 11) is 0. The monoisotopic (exact) mass is 391 g/mol. The van der Waals surface area contributed by atoms with Gasteiger partial charge in [-0.15, -0.1) is 0 Å². The molecule has 29 heavy (non-hydrogen) atoms. The average molecular weight is 391 g/mol. The zero-order valence-corrected chi connectivity index (χ0v) is 17.1. The van der Waals surface area contributed by atoms with Crippen LogP contribution in [-0.4, -0.2) is 60.2 Å². The van der Waals surface area contributed by atoms with E-state index in [0.717, 1.165) is 23.6 Å². The number of rotatable bonds is 3. The quantitative estimate of drug-likeness (QED) is 0.755. The molecule has 6 heteroatoms. The Kier molecular flexibility index (Phi) is 4.86. The van der Waals surface area contributed by atoms with Crippen LogP contribution in [0.1, 0.15) is 37.4 Å². The summed E-state index contributed by atoms with van der Waals surface area (Å²) in [5.41, 5.74) is 5.40. The van der Waals surface area contributed by atoms with E-state index >= 15 is 0 Å². The predicted octanol–water partition coefficient (Wildman–Crippen LogP) is 2.56. The van der Waals surface area contributed by atoms with Gasteiger partial charge >= 0.3 is 0 Å². The molecule has 4 rings (SSSR count). The molecule has 0 N–H and O–H groups in total. The number of fused-ring (bicyclic) bond motifs is 1. The summed E-state index contributed by atoms with van der Waals surface area (Å²) in [4.78, 5) is 43.1. The van der Waals surface area contributed by atoms with Crippen LogP contribution in [-0.2, 0) is 4.79 Å². The first-order valence-electron chi connectivity index (χ1n) is 9.92. The van der Waals surface area contributed by atoms with E-state index in [2.05, 4.69) is 36.9 Å². The normalized spacial score (nSPS) is 16.4. The lowest BCUT2D eigenvalue weighted by Crippen LogP contribution is -2.52. The highest BCUT2D eigenvalue weighted by Gasteiger charge is 2.37. The highest BCUT2D eigenvalue weighted by atomic mass is 16.2. The fourth-order valence-corrected chi connectivity index (χ4v) is 4.06. The molecule has 0 saturated carbocycles. The number of amides is 3. The minimum atomic E-state index is -0.382. The Morgan fingerprint density at radius 2 is 1.59 bits per heavy atom. The van der Waals surface area contributed by atoms with Gasteiger partial charge < -0.3 is 9.80 Å². The predicted molar refractivity (Wildman–Crippen MR) is 111 cm³/mol. The van der Waals surface area contributed by atoms with Crippen LogP contribution < -0.4 is 4.90 Å². The highest BCUT2D eigenvalue weighted by molar-refractivity contribution is 6.22. The van der Waals surface area contributed by atoms with Gasteiger partial charge in [0.1, 0.15) is 6.54 Å². The van der Waals surface area contributed by atoms with Gasteiger partial charge in [0.2, 0.25) is 5.91 Å². The molecule has 0 spiro atoms. The third kappa shape index (κ3) is 3.39. The first kappa shape index (κ1) is 19.2. The number of hydrogen-bond acceptors (Lipinski definition) is 4. The van der Waals surface area contributed by atoms with Gasteiger partial charge in [-0.05, 0) is 50.1 Å². The fraction of sp³-hybridized carbons (Fsp3) is 0.348. The molecule has 150 valence electrons. The molecule has 2 aliphatic heterocycles. The van der Waals surface area contributed by atoms with Crippen LogP contribution in [0.5, 0.6) is 0 Å². The number of nitrogens with zero attached hydrogens (tertiary/aromatic N) is 3. The Bertz CT molecular complexity index is 1010. The number of hydrogen-bond donors (Lipinski definition) is 0. The second-order valence-corrected chi connectivity index (χ2v) is 7.83. The van der Waals surface area contributed by atoms with Crippen molar-refractivity contribution < 1.29 is 14.4 Å². The van der Waals surface area contributed by atoms with E-state index in [0.29, 0.717) is 24.2 Å². The van der Waals surface area contributed by atoms with Crippen molar-refractivity contribution in [3.63, 3.8) is 0 Å². The zero-order valence-electron chi connectivity index (χ0n) is 17.1. The molecule has 2 aromatic rings. The molecule has 0 radical (unpaired) electrons. The first-order valence-corrected chi connectivity index (χ1v) is 9.92. The summed E-state index contributed by atoms with van der Waals surface area (Å²) in [6.45, 7) is 8.52. The summed E-state index contributed by atoms with van der Waals surface area (Å²) in [5, 5.41) is 0. The fourth-order valence-electron chi connectivity index (χ4n) is 4.06. The number of piperazine rings is 1. The lowest BCUT2D eigenvalue weighted by molar-refractivity contribution is -0.131. The molecule has 1 saturated heterocycles. The van der Waals surface area contributed by atoms with Crippen molar-refractivity contribution in [2.75, 3.05) is 37.6 Å². The Labute approximate surface area is 170 Å². The van der Waals surface area contributed by atoms with Crippen LogP contribution in [0.2, 0.25) is 0 Å². The topological polar surface area (TPSA) is 60.9 Å². The van der Waals surface area contributed by atoms with Crippen molar-refractivity contribution in [3.8, 4) is 0 Å². The van der Waals surface area contributed by atoms with Gasteiger partial charge in [0, 0.05) is 31.9 Å². The molecule has 6 nitrogen and oxygen atoms in total. The summed E-state index contributed by atoms with van der Waals surface area (Å²) >= 11 is 0. The Balaban J connectivity index is 1.40. The van der Waals surface area contributed by atoms with Gasteiger partial charge in [0.15, 0.2) is 0 Å². The minimum Gasteiger partial charge on any atom is -0.368 e. The maximum atomic E-state index is 12.8. The molecule has 0 atom stereocenters. The van der Waals surface area contributed by atoms with Gasteiger partial charge in [-0.2, -0.15) is 0 Å². The van der Waals surface area contributed by atoms with Crippen molar-refractivity contribution in [1.29, 1.82) is 0 Å². The number of carbonyl (C=O) groups excluding carboxylic acids is 3. The maximum Gasteiger partial charge on any atom is 0.262 e. The largest absolute Gasteiger partial charge is 0.368 e. The van der Waals surface area contributed by atoms with Crippen LogP contribution >= 0.6 is 0 Å². The van der Waals surface area contributed by atoms with E-state index < -0.39 is 0 Å². The van der Waals surface area contributed by atoms with Gasteiger partial charge in [-0.25, -0.2) is 0 Å². The van der Waals surface area contributed by atoms with Gasteiger partial charge in [0.05, 0.1) is 11.1 Å². The molecule has 2 aromatic carbocycles. The number of anilines is 1. The first-order chi connectivity index (χ1) is 13.9. The van der Waals surface area contributed by atoms with Crippen molar-refractivity contribution >= 4 is 23.4 Å². The number of aryl methyl sites for hydroxylation is 2. The molecule has 2 heterocycles. The van der Waals surface area contributed by atoms with E-state index in [1.807, 2.05) is 13.0 Å². The van der Waals surface area contributed by atoms with Gasteiger partial charge in [-0.3, -0.25) is 19.3 Å². The van der Waals surface area contributed by atoms with E-state index in [9.17, 15) is 14.4 Å². The maximum absolute atomic E-state index is 12.8. The summed E-state index contributed by atoms with van der Waals surface area (Å²) < 4.78 is 0. The molecular formula is C23H25N3O3. The minimum absolute atomic E-state index is 0.183. The van der Waals surface area contributed by atoms with Crippen LogP contribution in [0.4, 0.5) is 5.69 Å². The van der Waals surface area contributed by atoms with E-state index in [1.165, 1.54) is 16.8 Å². The van der Waals surface area contributed by atoms with Crippen LogP contribution in [0.3, 0.4) is 0 Å². The molecule has 0 unspecified atom stereocenters. The Morgan fingerprint density at radius 1 is 0.897 bits per heavy atom. The van der Waals surface area contributed by atoms with Crippen molar-refractivity contribution in [2.45, 2.75) is 20.8 Å². The molecule has 3 amide bonds. The summed E-state index contributed by atoms with van der Waals surface area (Å²) in [6.07, 6.45) is 0. The van der Waals surface area contributed by atoms with E-state index in [-0.39, 0.29) is 24.3 Å². The van der Waals surface area contributed by atoms with Crippen LogP contribution in [0, 0.1) is 20.8 Å². The molecule has 0 bridgehead atoms. The lowest BCUT2D eigenvalue weighted by Gasteiger charge is -2.37. The molecular weight excluding hydrogens is 366 g/mol. The molecule has 2 aliphatic rings. The van der Waals surface area contributed by atoms with Crippen LogP contribution in [0.25, 0.3) is 0 Å². The van der Waals surface area contributed by atoms with Gasteiger partial charge in [-0.1, -0.05) is 23.8 Å². The molecule has 0 aromatic heterocycles. The number of carbonyl (C=O) groups is 3. The number of imide groups is 1. The standard InChI is InChI=1S/C23H25N3O3/c1-15-7-8-18-19(13-15)23(29)26(22(18)28)14-21(27)25-11-9-24(10-12-25)20-6-4-5-16(2)17(20)3/h4-8,13H,9-12,14H2,1-3H3. The van der Waals surface area contributed by atoms with Crippen LogP contribution in [0.15, 0.2) is 36.4 Å².